The molecule has 1 fully saturated rings. The summed E-state index contributed by atoms with van der Waals surface area (Å²) in [6, 6.07) is 15.4. The fraction of sp³-hybridized carbons (Fsp3) is 0.400. The second-order valence-corrected chi connectivity index (χ2v) is 8.02. The van der Waals surface area contributed by atoms with Crippen LogP contribution in [0.1, 0.15) is 37.4 Å². The van der Waals surface area contributed by atoms with Crippen molar-refractivity contribution in [2.75, 3.05) is 32.7 Å². The van der Waals surface area contributed by atoms with Crippen LogP contribution in [0.3, 0.4) is 0 Å². The fourth-order valence-electron chi connectivity index (χ4n) is 4.31. The van der Waals surface area contributed by atoms with E-state index < -0.39 is 0 Å². The van der Waals surface area contributed by atoms with E-state index in [0.29, 0.717) is 12.6 Å². The van der Waals surface area contributed by atoms with Crippen molar-refractivity contribution in [2.45, 2.75) is 32.9 Å². The van der Waals surface area contributed by atoms with Crippen molar-refractivity contribution in [3.8, 4) is 5.82 Å². The van der Waals surface area contributed by atoms with Crippen molar-refractivity contribution in [1.29, 1.82) is 0 Å². The van der Waals surface area contributed by atoms with Gasteiger partial charge in [-0.1, -0.05) is 37.3 Å². The van der Waals surface area contributed by atoms with Crippen LogP contribution in [0.4, 0.5) is 0 Å². The molecule has 8 heteroatoms. The molecule has 0 amide bonds. The van der Waals surface area contributed by atoms with E-state index in [-0.39, 0.29) is 24.0 Å². The Labute approximate surface area is 214 Å². The first-order valence-electron chi connectivity index (χ1n) is 11.5. The van der Waals surface area contributed by atoms with Crippen LogP contribution >= 0.6 is 24.0 Å². The molecule has 3 heterocycles. The highest BCUT2D eigenvalue weighted by atomic mass is 127. The third-order valence-electron chi connectivity index (χ3n) is 5.95. The third kappa shape index (κ3) is 6.54. The largest absolute Gasteiger partial charge is 0.357 e. The van der Waals surface area contributed by atoms with Crippen LogP contribution in [0.15, 0.2) is 72.4 Å². The van der Waals surface area contributed by atoms with Gasteiger partial charge in [0.1, 0.15) is 12.1 Å². The van der Waals surface area contributed by atoms with Crippen LogP contribution in [0.25, 0.3) is 5.82 Å². The van der Waals surface area contributed by atoms with Gasteiger partial charge in [-0.15, -0.1) is 24.0 Å². The molecule has 0 saturated carbocycles. The molecular formula is C25H34IN7. The number of imidazole rings is 1. The van der Waals surface area contributed by atoms with Gasteiger partial charge < -0.3 is 10.2 Å². The Morgan fingerprint density at radius 2 is 1.85 bits per heavy atom. The lowest BCUT2D eigenvalue weighted by molar-refractivity contribution is 0.127. The zero-order valence-corrected chi connectivity index (χ0v) is 21.8. The number of nitrogens with one attached hydrogen (secondary N) is 1. The van der Waals surface area contributed by atoms with Gasteiger partial charge in [0.05, 0.1) is 6.54 Å². The zero-order valence-electron chi connectivity index (χ0n) is 19.5. The Balaban J connectivity index is 0.00000306. The molecule has 1 unspecified atom stereocenters. The van der Waals surface area contributed by atoms with Gasteiger partial charge in [0.2, 0.25) is 0 Å². The van der Waals surface area contributed by atoms with Crippen LogP contribution in [-0.4, -0.2) is 63.0 Å². The SMILES string of the molecule is CCNC(=NCc1ccnc(-n2ccnc2)c1)N1CCN(C(CC)c2ccccc2)CC1.I. The summed E-state index contributed by atoms with van der Waals surface area (Å²) in [5.41, 5.74) is 2.54. The second kappa shape index (κ2) is 12.7. The molecule has 0 spiro atoms. The van der Waals surface area contributed by atoms with E-state index in [1.807, 2.05) is 23.0 Å². The summed E-state index contributed by atoms with van der Waals surface area (Å²) in [5.74, 6) is 1.85. The monoisotopic (exact) mass is 559 g/mol. The number of rotatable bonds is 7. The quantitative estimate of drug-likeness (QED) is 0.268. The summed E-state index contributed by atoms with van der Waals surface area (Å²) in [5, 5.41) is 3.48. The van der Waals surface area contributed by atoms with Crippen LogP contribution < -0.4 is 5.32 Å². The number of nitrogens with zero attached hydrogens (tertiary/aromatic N) is 6. The molecule has 2 aromatic heterocycles. The van der Waals surface area contributed by atoms with Gasteiger partial charge in [-0.2, -0.15) is 0 Å². The Morgan fingerprint density at radius 3 is 2.52 bits per heavy atom. The van der Waals surface area contributed by atoms with Gasteiger partial charge >= 0.3 is 0 Å². The van der Waals surface area contributed by atoms with Crippen molar-refractivity contribution in [2.24, 2.45) is 4.99 Å². The lowest BCUT2D eigenvalue weighted by Gasteiger charge is -2.40. The first-order valence-corrected chi connectivity index (χ1v) is 11.5. The number of halogens is 1. The molecule has 1 saturated heterocycles. The molecule has 0 radical (unpaired) electrons. The number of benzene rings is 1. The summed E-state index contributed by atoms with van der Waals surface area (Å²) >= 11 is 0. The van der Waals surface area contributed by atoms with E-state index in [4.69, 9.17) is 4.99 Å². The van der Waals surface area contributed by atoms with Gasteiger partial charge in [0.25, 0.3) is 0 Å². The fourth-order valence-corrected chi connectivity index (χ4v) is 4.31. The first kappa shape index (κ1) is 25.2. The Hall–Kier alpha value is -2.46. The average molecular weight is 560 g/mol. The molecule has 3 aromatic rings. The molecule has 0 aliphatic carbocycles. The highest BCUT2D eigenvalue weighted by molar-refractivity contribution is 14.0. The number of pyridine rings is 1. The second-order valence-electron chi connectivity index (χ2n) is 8.02. The maximum atomic E-state index is 4.94. The molecule has 1 aliphatic rings. The summed E-state index contributed by atoms with van der Waals surface area (Å²) in [6.45, 7) is 9.92. The molecule has 176 valence electrons. The van der Waals surface area contributed by atoms with Crippen molar-refractivity contribution < 1.29 is 0 Å². The van der Waals surface area contributed by atoms with Gasteiger partial charge in [-0.3, -0.25) is 9.47 Å². The van der Waals surface area contributed by atoms with Crippen LogP contribution in [0.2, 0.25) is 0 Å². The minimum absolute atomic E-state index is 0. The molecule has 1 atom stereocenters. The average Bonchev–Trinajstić information content (AvgIpc) is 3.39. The van der Waals surface area contributed by atoms with Crippen LogP contribution in [0.5, 0.6) is 0 Å². The summed E-state index contributed by atoms with van der Waals surface area (Å²) in [7, 11) is 0. The normalized spacial score (nSPS) is 15.7. The highest BCUT2D eigenvalue weighted by Crippen LogP contribution is 2.25. The number of aliphatic imine (C=N–C) groups is 1. The standard InChI is InChI=1S/C25H33N7.HI/c1-3-23(22-8-6-5-7-9-22)30-14-16-31(17-15-30)25(27-4-2)29-19-21-10-11-28-24(18-21)32-13-12-26-20-32;/h5-13,18,20,23H,3-4,14-17,19H2,1-2H3,(H,27,29);1H. The predicted octanol–water partition coefficient (Wildman–Crippen LogP) is 4.12. The van der Waals surface area contributed by atoms with E-state index in [0.717, 1.165) is 56.5 Å². The number of piperazine rings is 1. The van der Waals surface area contributed by atoms with E-state index in [1.54, 1.807) is 12.5 Å². The maximum absolute atomic E-state index is 4.94. The summed E-state index contributed by atoms with van der Waals surface area (Å²) in [4.78, 5) is 18.5. The number of guanidine groups is 1. The number of aromatic nitrogens is 3. The van der Waals surface area contributed by atoms with Crippen molar-refractivity contribution in [3.63, 3.8) is 0 Å². The number of hydrogen-bond donors (Lipinski definition) is 1. The molecule has 1 N–H and O–H groups in total. The third-order valence-corrected chi connectivity index (χ3v) is 5.95. The van der Waals surface area contributed by atoms with Gasteiger partial charge in [-0.25, -0.2) is 15.0 Å². The topological polar surface area (TPSA) is 61.6 Å². The smallest absolute Gasteiger partial charge is 0.194 e. The zero-order chi connectivity index (χ0) is 22.2. The van der Waals surface area contributed by atoms with Gasteiger partial charge in [-0.05, 0) is 36.6 Å². The maximum Gasteiger partial charge on any atom is 0.194 e. The summed E-state index contributed by atoms with van der Waals surface area (Å²) in [6.07, 6.45) is 8.38. The molecule has 4 rings (SSSR count). The minimum atomic E-state index is 0. The van der Waals surface area contributed by atoms with Gasteiger partial charge in [0.15, 0.2) is 5.96 Å². The molecule has 7 nitrogen and oxygen atoms in total. The Bertz CT molecular complexity index is 983. The van der Waals surface area contributed by atoms with E-state index in [2.05, 4.69) is 75.3 Å². The molecule has 1 aliphatic heterocycles. The van der Waals surface area contributed by atoms with Gasteiger partial charge in [0, 0.05) is 57.4 Å². The van der Waals surface area contributed by atoms with E-state index in [9.17, 15) is 0 Å². The molecular weight excluding hydrogens is 525 g/mol. The van der Waals surface area contributed by atoms with Crippen molar-refractivity contribution >= 4 is 29.9 Å². The molecule has 33 heavy (non-hydrogen) atoms. The molecule has 1 aromatic carbocycles. The lowest BCUT2D eigenvalue weighted by atomic mass is 10.0. The summed E-state index contributed by atoms with van der Waals surface area (Å²) < 4.78 is 1.91. The van der Waals surface area contributed by atoms with Crippen LogP contribution in [0, 0.1) is 0 Å². The predicted molar refractivity (Wildman–Crippen MR) is 144 cm³/mol. The first-order chi connectivity index (χ1) is 15.8. The number of hydrogen-bond acceptors (Lipinski definition) is 4. The molecule has 0 bridgehead atoms. The lowest BCUT2D eigenvalue weighted by Crippen LogP contribution is -2.53. The van der Waals surface area contributed by atoms with Crippen LogP contribution in [-0.2, 0) is 6.54 Å². The van der Waals surface area contributed by atoms with E-state index >= 15 is 0 Å². The van der Waals surface area contributed by atoms with Crippen molar-refractivity contribution in [3.05, 3.63) is 78.5 Å². The minimum Gasteiger partial charge on any atom is -0.357 e. The Morgan fingerprint density at radius 1 is 1.06 bits per heavy atom. The highest BCUT2D eigenvalue weighted by Gasteiger charge is 2.25. The Kier molecular flexibility index (Phi) is 9.68. The van der Waals surface area contributed by atoms with Crippen molar-refractivity contribution in [1.82, 2.24) is 29.7 Å². The van der Waals surface area contributed by atoms with E-state index in [1.165, 1.54) is 5.56 Å².